The van der Waals surface area contributed by atoms with Crippen LogP contribution >= 0.6 is 31.9 Å². The highest BCUT2D eigenvalue weighted by atomic mass is 79.9. The molecule has 1 N–H and O–H groups in total. The van der Waals surface area contributed by atoms with E-state index < -0.39 is 0 Å². The van der Waals surface area contributed by atoms with Crippen molar-refractivity contribution in [1.82, 2.24) is 0 Å². The van der Waals surface area contributed by atoms with E-state index in [1.54, 1.807) is 13.2 Å². The predicted molar refractivity (Wildman–Crippen MR) is 86.9 cm³/mol. The van der Waals surface area contributed by atoms with Crippen molar-refractivity contribution in [2.45, 2.75) is 6.54 Å². The molecule has 2 aromatic rings. The molecule has 0 aliphatic carbocycles. The Morgan fingerprint density at radius 1 is 1.20 bits per heavy atom. The average molecular weight is 396 g/mol. The smallest absolute Gasteiger partial charge is 0.133 e. The number of nitrogens with zero attached hydrogens (tertiary/aromatic N) is 1. The third-order valence-corrected chi connectivity index (χ3v) is 3.91. The third kappa shape index (κ3) is 3.53. The molecule has 0 unspecified atom stereocenters. The second-order valence-electron chi connectivity index (χ2n) is 4.12. The van der Waals surface area contributed by atoms with Crippen molar-refractivity contribution in [2.75, 3.05) is 12.4 Å². The Balaban J connectivity index is 2.13. The summed E-state index contributed by atoms with van der Waals surface area (Å²) in [6, 6.07) is 13.7. The number of nitriles is 1. The zero-order valence-corrected chi connectivity index (χ0v) is 14.0. The summed E-state index contributed by atoms with van der Waals surface area (Å²) in [7, 11) is 1.64. The van der Waals surface area contributed by atoms with E-state index in [1.807, 2.05) is 30.3 Å². The zero-order chi connectivity index (χ0) is 14.5. The molecule has 0 spiro atoms. The maximum Gasteiger partial charge on any atom is 0.133 e. The average Bonchev–Trinajstić information content (AvgIpc) is 2.46. The molecule has 5 heteroatoms. The lowest BCUT2D eigenvalue weighted by molar-refractivity contribution is 0.412. The Morgan fingerprint density at radius 2 is 2.00 bits per heavy atom. The Hall–Kier alpha value is -1.51. The van der Waals surface area contributed by atoms with Crippen LogP contribution in [0, 0.1) is 11.3 Å². The summed E-state index contributed by atoms with van der Waals surface area (Å²) >= 11 is 6.82. The third-order valence-electron chi connectivity index (χ3n) is 2.80. The van der Waals surface area contributed by atoms with Gasteiger partial charge in [-0.05, 0) is 51.8 Å². The van der Waals surface area contributed by atoms with Crippen LogP contribution in [0.3, 0.4) is 0 Å². The second-order valence-corrected chi connectivity index (χ2v) is 5.89. The zero-order valence-electron chi connectivity index (χ0n) is 10.8. The quantitative estimate of drug-likeness (QED) is 0.815. The highest BCUT2D eigenvalue weighted by Gasteiger charge is 2.04. The molecule has 0 aliphatic rings. The Bertz CT molecular complexity index is 665. The number of nitrogens with one attached hydrogen (secondary N) is 1. The SMILES string of the molecule is COc1ccc(CNc2ccc(Br)cc2C#N)cc1Br. The van der Waals surface area contributed by atoms with Crippen LogP contribution < -0.4 is 10.1 Å². The minimum absolute atomic E-state index is 0.618. The molecular weight excluding hydrogens is 384 g/mol. The minimum atomic E-state index is 0.618. The van der Waals surface area contributed by atoms with Crippen molar-refractivity contribution < 1.29 is 4.74 Å². The van der Waals surface area contributed by atoms with Gasteiger partial charge in [0.05, 0.1) is 22.8 Å². The summed E-state index contributed by atoms with van der Waals surface area (Å²) in [5, 5.41) is 12.4. The number of rotatable bonds is 4. The monoisotopic (exact) mass is 394 g/mol. The molecule has 20 heavy (non-hydrogen) atoms. The summed E-state index contributed by atoms with van der Waals surface area (Å²) < 4.78 is 7.00. The molecular formula is C15H12Br2N2O. The molecule has 0 bridgehead atoms. The van der Waals surface area contributed by atoms with E-state index in [0.717, 1.165) is 25.9 Å². The van der Waals surface area contributed by atoms with Gasteiger partial charge in [-0.15, -0.1) is 0 Å². The lowest BCUT2D eigenvalue weighted by atomic mass is 10.1. The van der Waals surface area contributed by atoms with Crippen molar-refractivity contribution in [3.8, 4) is 11.8 Å². The topological polar surface area (TPSA) is 45.0 Å². The van der Waals surface area contributed by atoms with E-state index in [1.165, 1.54) is 0 Å². The molecule has 3 nitrogen and oxygen atoms in total. The molecule has 0 fully saturated rings. The second kappa shape index (κ2) is 6.78. The summed E-state index contributed by atoms with van der Waals surface area (Å²) in [6.45, 7) is 0.638. The van der Waals surface area contributed by atoms with Crippen LogP contribution in [0.5, 0.6) is 5.75 Å². The lowest BCUT2D eigenvalue weighted by Gasteiger charge is -2.10. The Labute approximate surface area is 134 Å². The molecule has 0 atom stereocenters. The fourth-order valence-electron chi connectivity index (χ4n) is 1.78. The van der Waals surface area contributed by atoms with Crippen LogP contribution in [0.1, 0.15) is 11.1 Å². The van der Waals surface area contributed by atoms with Crippen molar-refractivity contribution in [3.05, 3.63) is 56.5 Å². The summed E-state index contributed by atoms with van der Waals surface area (Å²) in [6.07, 6.45) is 0. The van der Waals surface area contributed by atoms with Crippen molar-refractivity contribution in [3.63, 3.8) is 0 Å². The van der Waals surface area contributed by atoms with E-state index in [9.17, 15) is 0 Å². The van der Waals surface area contributed by atoms with Gasteiger partial charge < -0.3 is 10.1 Å². The summed E-state index contributed by atoms with van der Waals surface area (Å²) in [4.78, 5) is 0. The maximum absolute atomic E-state index is 9.12. The molecule has 2 rings (SSSR count). The molecule has 0 aliphatic heterocycles. The number of methoxy groups -OCH3 is 1. The maximum atomic E-state index is 9.12. The van der Waals surface area contributed by atoms with Gasteiger partial charge in [0.1, 0.15) is 11.8 Å². The van der Waals surface area contributed by atoms with Crippen LogP contribution in [0.4, 0.5) is 5.69 Å². The first-order chi connectivity index (χ1) is 9.63. The van der Waals surface area contributed by atoms with E-state index in [-0.39, 0.29) is 0 Å². The van der Waals surface area contributed by atoms with Crippen molar-refractivity contribution in [1.29, 1.82) is 5.26 Å². The standard InChI is InChI=1S/C15H12Br2N2O/c1-20-15-5-2-10(6-13(15)17)9-19-14-4-3-12(16)7-11(14)8-18/h2-7,19H,9H2,1H3. The molecule has 0 heterocycles. The predicted octanol–water partition coefficient (Wildman–Crippen LogP) is 4.70. The van der Waals surface area contributed by atoms with Crippen LogP contribution in [-0.4, -0.2) is 7.11 Å². The minimum Gasteiger partial charge on any atom is -0.496 e. The van der Waals surface area contributed by atoms with E-state index in [0.29, 0.717) is 12.1 Å². The first kappa shape index (κ1) is 14.9. The normalized spacial score (nSPS) is 9.90. The fourth-order valence-corrected chi connectivity index (χ4v) is 2.73. The van der Waals surface area contributed by atoms with Gasteiger partial charge in [0, 0.05) is 11.0 Å². The lowest BCUT2D eigenvalue weighted by Crippen LogP contribution is -2.01. The van der Waals surface area contributed by atoms with Gasteiger partial charge in [-0.3, -0.25) is 0 Å². The highest BCUT2D eigenvalue weighted by molar-refractivity contribution is 9.10. The summed E-state index contributed by atoms with van der Waals surface area (Å²) in [5.74, 6) is 0.801. The number of halogens is 2. The summed E-state index contributed by atoms with van der Waals surface area (Å²) in [5.41, 5.74) is 2.54. The molecule has 2 aromatic carbocycles. The first-order valence-corrected chi connectivity index (χ1v) is 7.48. The molecule has 0 amide bonds. The Morgan fingerprint density at radius 3 is 2.65 bits per heavy atom. The molecule has 0 saturated heterocycles. The molecule has 102 valence electrons. The number of anilines is 1. The van der Waals surface area contributed by atoms with Gasteiger partial charge in [-0.2, -0.15) is 5.26 Å². The number of benzene rings is 2. The van der Waals surface area contributed by atoms with E-state index in [4.69, 9.17) is 10.00 Å². The van der Waals surface area contributed by atoms with Crippen molar-refractivity contribution >= 4 is 37.5 Å². The van der Waals surface area contributed by atoms with E-state index >= 15 is 0 Å². The van der Waals surface area contributed by atoms with Gasteiger partial charge in [-0.25, -0.2) is 0 Å². The number of hydrogen-bond acceptors (Lipinski definition) is 3. The van der Waals surface area contributed by atoms with Gasteiger partial charge in [0.15, 0.2) is 0 Å². The van der Waals surface area contributed by atoms with Gasteiger partial charge in [0.25, 0.3) is 0 Å². The molecule has 0 aromatic heterocycles. The fraction of sp³-hybridized carbons (Fsp3) is 0.133. The first-order valence-electron chi connectivity index (χ1n) is 5.90. The molecule has 0 saturated carbocycles. The van der Waals surface area contributed by atoms with E-state index in [2.05, 4.69) is 43.2 Å². The van der Waals surface area contributed by atoms with Crippen LogP contribution in [0.15, 0.2) is 45.3 Å². The Kier molecular flexibility index (Phi) is 5.05. The van der Waals surface area contributed by atoms with Gasteiger partial charge in [-0.1, -0.05) is 22.0 Å². The molecule has 0 radical (unpaired) electrons. The van der Waals surface area contributed by atoms with Crippen LogP contribution in [-0.2, 0) is 6.54 Å². The van der Waals surface area contributed by atoms with Crippen LogP contribution in [0.25, 0.3) is 0 Å². The highest BCUT2D eigenvalue weighted by Crippen LogP contribution is 2.26. The largest absolute Gasteiger partial charge is 0.496 e. The number of hydrogen-bond donors (Lipinski definition) is 1. The van der Waals surface area contributed by atoms with Gasteiger partial charge in [0.2, 0.25) is 0 Å². The number of ether oxygens (including phenoxy) is 1. The van der Waals surface area contributed by atoms with Crippen molar-refractivity contribution in [2.24, 2.45) is 0 Å². The van der Waals surface area contributed by atoms with Crippen LogP contribution in [0.2, 0.25) is 0 Å². The van der Waals surface area contributed by atoms with Gasteiger partial charge >= 0.3 is 0 Å².